The van der Waals surface area contributed by atoms with Gasteiger partial charge in [0.2, 0.25) is 5.91 Å². The first-order valence-corrected chi connectivity index (χ1v) is 7.36. The molecule has 2 aliphatic heterocycles. The van der Waals surface area contributed by atoms with E-state index in [4.69, 9.17) is 5.73 Å². The Morgan fingerprint density at radius 3 is 2.83 bits per heavy atom. The molecule has 18 heavy (non-hydrogen) atoms. The summed E-state index contributed by atoms with van der Waals surface area (Å²) in [5, 5.41) is 3.26. The van der Waals surface area contributed by atoms with Crippen molar-refractivity contribution in [1.29, 1.82) is 0 Å². The van der Waals surface area contributed by atoms with E-state index in [9.17, 15) is 4.79 Å². The molecule has 0 aromatic rings. The molecule has 0 saturated carbocycles. The average molecular weight is 253 g/mol. The second-order valence-corrected chi connectivity index (χ2v) is 6.09. The number of rotatable bonds is 4. The Balaban J connectivity index is 1.95. The summed E-state index contributed by atoms with van der Waals surface area (Å²) >= 11 is 0. The molecule has 104 valence electrons. The fourth-order valence-corrected chi connectivity index (χ4v) is 3.16. The summed E-state index contributed by atoms with van der Waals surface area (Å²) in [7, 11) is 0. The molecule has 2 saturated heterocycles. The predicted molar refractivity (Wildman–Crippen MR) is 73.2 cm³/mol. The second-order valence-electron chi connectivity index (χ2n) is 6.09. The zero-order valence-electron chi connectivity index (χ0n) is 11.7. The zero-order valence-corrected chi connectivity index (χ0v) is 11.7. The predicted octanol–water partition coefficient (Wildman–Crippen LogP) is 1.10. The van der Waals surface area contributed by atoms with Gasteiger partial charge in [-0.1, -0.05) is 13.3 Å². The first-order chi connectivity index (χ1) is 8.60. The van der Waals surface area contributed by atoms with Crippen molar-refractivity contribution in [1.82, 2.24) is 10.2 Å². The van der Waals surface area contributed by atoms with Crippen LogP contribution in [0.3, 0.4) is 0 Å². The lowest BCUT2D eigenvalue weighted by Crippen LogP contribution is -2.52. The van der Waals surface area contributed by atoms with Gasteiger partial charge in [-0.25, -0.2) is 0 Å². The Kier molecular flexibility index (Phi) is 4.28. The fraction of sp³-hybridized carbons (Fsp3) is 0.929. The van der Waals surface area contributed by atoms with Crippen LogP contribution in [0.25, 0.3) is 0 Å². The molecule has 2 heterocycles. The highest BCUT2D eigenvalue weighted by Crippen LogP contribution is 2.28. The zero-order chi connectivity index (χ0) is 13.2. The summed E-state index contributed by atoms with van der Waals surface area (Å²) in [4.78, 5) is 14.9. The summed E-state index contributed by atoms with van der Waals surface area (Å²) in [6, 6.07) is 0.914. The standard InChI is InChI=1S/C14H27N3O/c1-3-14(2,10-15)13(18)16-11-7-9-17-8-5-4-6-12(11)17/h11-12H,3-10,15H2,1-2H3,(H,16,18). The van der Waals surface area contributed by atoms with E-state index in [0.29, 0.717) is 18.6 Å². The van der Waals surface area contributed by atoms with E-state index >= 15 is 0 Å². The third-order valence-electron chi connectivity index (χ3n) is 4.95. The highest BCUT2D eigenvalue weighted by Gasteiger charge is 2.39. The summed E-state index contributed by atoms with van der Waals surface area (Å²) in [6.45, 7) is 6.78. The fourth-order valence-electron chi connectivity index (χ4n) is 3.16. The smallest absolute Gasteiger partial charge is 0.227 e. The molecule has 2 fully saturated rings. The maximum Gasteiger partial charge on any atom is 0.227 e. The lowest BCUT2D eigenvalue weighted by atomic mass is 9.86. The van der Waals surface area contributed by atoms with Gasteiger partial charge in [-0.15, -0.1) is 0 Å². The minimum Gasteiger partial charge on any atom is -0.351 e. The Labute approximate surface area is 110 Å². The molecule has 3 atom stereocenters. The second kappa shape index (κ2) is 5.57. The lowest BCUT2D eigenvalue weighted by Gasteiger charge is -2.34. The third-order valence-corrected chi connectivity index (χ3v) is 4.95. The van der Waals surface area contributed by atoms with E-state index in [2.05, 4.69) is 10.2 Å². The van der Waals surface area contributed by atoms with Crippen LogP contribution in [0.2, 0.25) is 0 Å². The summed E-state index contributed by atoms with van der Waals surface area (Å²) in [5.41, 5.74) is 5.35. The topological polar surface area (TPSA) is 58.4 Å². The maximum atomic E-state index is 12.3. The van der Waals surface area contributed by atoms with Gasteiger partial charge in [0, 0.05) is 25.2 Å². The van der Waals surface area contributed by atoms with Gasteiger partial charge in [0.05, 0.1) is 5.41 Å². The van der Waals surface area contributed by atoms with E-state index < -0.39 is 5.41 Å². The van der Waals surface area contributed by atoms with Crippen LogP contribution in [0.4, 0.5) is 0 Å². The number of piperidine rings is 1. The molecular weight excluding hydrogens is 226 g/mol. The van der Waals surface area contributed by atoms with E-state index in [-0.39, 0.29) is 5.91 Å². The number of nitrogens with zero attached hydrogens (tertiary/aromatic N) is 1. The van der Waals surface area contributed by atoms with Gasteiger partial charge >= 0.3 is 0 Å². The number of hydrogen-bond acceptors (Lipinski definition) is 3. The summed E-state index contributed by atoms with van der Waals surface area (Å²) in [6.07, 6.45) is 5.75. The summed E-state index contributed by atoms with van der Waals surface area (Å²) < 4.78 is 0. The molecule has 0 bridgehead atoms. The van der Waals surface area contributed by atoms with Crippen molar-refractivity contribution in [3.8, 4) is 0 Å². The number of hydrogen-bond donors (Lipinski definition) is 2. The highest BCUT2D eigenvalue weighted by molar-refractivity contribution is 5.82. The van der Waals surface area contributed by atoms with Gasteiger partial charge in [-0.2, -0.15) is 0 Å². The van der Waals surface area contributed by atoms with Crippen LogP contribution in [0, 0.1) is 5.41 Å². The average Bonchev–Trinajstić information content (AvgIpc) is 2.81. The molecule has 2 rings (SSSR count). The molecule has 0 aliphatic carbocycles. The SMILES string of the molecule is CCC(C)(CN)C(=O)NC1CCN2CCCCC12. The number of amides is 1. The van der Waals surface area contributed by atoms with Crippen molar-refractivity contribution in [2.24, 2.45) is 11.1 Å². The van der Waals surface area contributed by atoms with Crippen LogP contribution >= 0.6 is 0 Å². The highest BCUT2D eigenvalue weighted by atomic mass is 16.2. The molecular formula is C14H27N3O. The molecule has 4 nitrogen and oxygen atoms in total. The van der Waals surface area contributed by atoms with Crippen molar-refractivity contribution < 1.29 is 4.79 Å². The normalized spacial score (nSPS) is 31.7. The lowest BCUT2D eigenvalue weighted by molar-refractivity contribution is -0.130. The number of fused-ring (bicyclic) bond motifs is 1. The summed E-state index contributed by atoms with van der Waals surface area (Å²) in [5.74, 6) is 0.143. The molecule has 1 amide bonds. The molecule has 3 N–H and O–H groups in total. The van der Waals surface area contributed by atoms with Crippen LogP contribution in [0.15, 0.2) is 0 Å². The van der Waals surface area contributed by atoms with Crippen LogP contribution in [-0.2, 0) is 4.79 Å². The number of nitrogens with one attached hydrogen (secondary N) is 1. The molecule has 0 aromatic carbocycles. The number of carbonyl (C=O) groups excluding carboxylic acids is 1. The Bertz CT molecular complexity index is 301. The molecule has 4 heteroatoms. The van der Waals surface area contributed by atoms with Gasteiger partial charge in [-0.05, 0) is 39.2 Å². The van der Waals surface area contributed by atoms with E-state index in [1.54, 1.807) is 0 Å². The van der Waals surface area contributed by atoms with Crippen LogP contribution in [0.1, 0.15) is 46.0 Å². The van der Waals surface area contributed by atoms with Gasteiger partial charge in [-0.3, -0.25) is 9.69 Å². The Morgan fingerprint density at radius 1 is 1.39 bits per heavy atom. The Hall–Kier alpha value is -0.610. The number of carbonyl (C=O) groups is 1. The molecule has 0 radical (unpaired) electrons. The molecule has 0 aromatic heterocycles. The molecule has 2 aliphatic rings. The minimum absolute atomic E-state index is 0.143. The van der Waals surface area contributed by atoms with Crippen molar-refractivity contribution >= 4 is 5.91 Å². The Morgan fingerprint density at radius 2 is 2.17 bits per heavy atom. The minimum atomic E-state index is -0.401. The van der Waals surface area contributed by atoms with Crippen molar-refractivity contribution in [2.45, 2.75) is 58.0 Å². The van der Waals surface area contributed by atoms with Crippen molar-refractivity contribution in [2.75, 3.05) is 19.6 Å². The van der Waals surface area contributed by atoms with Gasteiger partial charge in [0.25, 0.3) is 0 Å². The third kappa shape index (κ3) is 2.54. The largest absolute Gasteiger partial charge is 0.351 e. The van der Waals surface area contributed by atoms with Gasteiger partial charge in [0.1, 0.15) is 0 Å². The first-order valence-electron chi connectivity index (χ1n) is 7.36. The first kappa shape index (κ1) is 13.8. The van der Waals surface area contributed by atoms with E-state index in [1.165, 1.54) is 25.8 Å². The van der Waals surface area contributed by atoms with Gasteiger partial charge in [0.15, 0.2) is 0 Å². The van der Waals surface area contributed by atoms with Crippen LogP contribution in [-0.4, -0.2) is 42.5 Å². The van der Waals surface area contributed by atoms with Gasteiger partial charge < -0.3 is 11.1 Å². The molecule has 0 spiro atoms. The van der Waals surface area contributed by atoms with E-state index in [0.717, 1.165) is 19.4 Å². The van der Waals surface area contributed by atoms with Crippen LogP contribution in [0.5, 0.6) is 0 Å². The van der Waals surface area contributed by atoms with Crippen LogP contribution < -0.4 is 11.1 Å². The van der Waals surface area contributed by atoms with Crippen molar-refractivity contribution in [3.05, 3.63) is 0 Å². The molecule has 3 unspecified atom stereocenters. The maximum absolute atomic E-state index is 12.3. The quantitative estimate of drug-likeness (QED) is 0.789. The van der Waals surface area contributed by atoms with Crippen molar-refractivity contribution in [3.63, 3.8) is 0 Å². The monoisotopic (exact) mass is 253 g/mol. The number of nitrogens with two attached hydrogens (primary N) is 1. The van der Waals surface area contributed by atoms with E-state index in [1.807, 2.05) is 13.8 Å².